The first-order chi connectivity index (χ1) is 11.6. The number of benzene rings is 2. The summed E-state index contributed by atoms with van der Waals surface area (Å²) in [7, 11) is 1.57. The lowest BCUT2D eigenvalue weighted by Crippen LogP contribution is -2.24. The first kappa shape index (κ1) is 17.1. The van der Waals surface area contributed by atoms with Crippen LogP contribution >= 0.6 is 0 Å². The Balaban J connectivity index is 1.81. The fraction of sp³-hybridized carbons (Fsp3) is 0.118. The SMILES string of the molecule is COc1ccc(C=NNC(=O)CC(=O)Nc2ccccc2F)cc1. The number of amides is 2. The smallest absolute Gasteiger partial charge is 0.249 e. The zero-order valence-electron chi connectivity index (χ0n) is 13.0. The van der Waals surface area contributed by atoms with Crippen LogP contribution in [0.5, 0.6) is 5.75 Å². The fourth-order valence-corrected chi connectivity index (χ4v) is 1.81. The van der Waals surface area contributed by atoms with E-state index in [1.807, 2.05) is 0 Å². The Kier molecular flexibility index (Phi) is 6.01. The monoisotopic (exact) mass is 329 g/mol. The van der Waals surface area contributed by atoms with Gasteiger partial charge in [0.25, 0.3) is 0 Å². The molecule has 0 heterocycles. The Hall–Kier alpha value is -3.22. The molecule has 0 fully saturated rings. The Morgan fingerprint density at radius 1 is 1.12 bits per heavy atom. The lowest BCUT2D eigenvalue weighted by Gasteiger charge is -2.05. The maximum atomic E-state index is 13.4. The lowest BCUT2D eigenvalue weighted by atomic mass is 10.2. The summed E-state index contributed by atoms with van der Waals surface area (Å²) in [5.41, 5.74) is 3.02. The standard InChI is InChI=1S/C17H16FN3O3/c1-24-13-8-6-12(7-9-13)11-19-21-17(23)10-16(22)20-15-5-3-2-4-14(15)18/h2-9,11H,10H2,1H3,(H,20,22)(H,21,23). The number of rotatable bonds is 6. The van der Waals surface area contributed by atoms with Crippen LogP contribution in [-0.2, 0) is 9.59 Å². The Labute approximate surface area is 138 Å². The minimum Gasteiger partial charge on any atom is -0.497 e. The van der Waals surface area contributed by atoms with Crippen molar-refractivity contribution in [2.24, 2.45) is 5.10 Å². The molecule has 0 aromatic heterocycles. The average molecular weight is 329 g/mol. The first-order valence-corrected chi connectivity index (χ1v) is 7.09. The van der Waals surface area contributed by atoms with Gasteiger partial charge in [0.2, 0.25) is 11.8 Å². The zero-order chi connectivity index (χ0) is 17.4. The molecule has 7 heteroatoms. The number of hydrazone groups is 1. The number of para-hydroxylation sites is 1. The van der Waals surface area contributed by atoms with Crippen LogP contribution in [0.15, 0.2) is 53.6 Å². The minimum absolute atomic E-state index is 0.0250. The van der Waals surface area contributed by atoms with Gasteiger partial charge in [-0.15, -0.1) is 0 Å². The van der Waals surface area contributed by atoms with Crippen molar-refractivity contribution in [1.29, 1.82) is 0 Å². The third-order valence-electron chi connectivity index (χ3n) is 2.99. The van der Waals surface area contributed by atoms with E-state index in [4.69, 9.17) is 4.74 Å². The molecular formula is C17H16FN3O3. The molecule has 2 aromatic carbocycles. The number of hydrogen-bond acceptors (Lipinski definition) is 4. The van der Waals surface area contributed by atoms with Gasteiger partial charge in [-0.1, -0.05) is 12.1 Å². The number of halogens is 1. The van der Waals surface area contributed by atoms with Gasteiger partial charge < -0.3 is 10.1 Å². The highest BCUT2D eigenvalue weighted by Crippen LogP contribution is 2.12. The van der Waals surface area contributed by atoms with Gasteiger partial charge in [0.05, 0.1) is 19.0 Å². The lowest BCUT2D eigenvalue weighted by molar-refractivity contribution is -0.126. The van der Waals surface area contributed by atoms with Crippen molar-refractivity contribution in [1.82, 2.24) is 5.43 Å². The van der Waals surface area contributed by atoms with E-state index >= 15 is 0 Å². The van der Waals surface area contributed by atoms with E-state index in [0.717, 1.165) is 5.56 Å². The van der Waals surface area contributed by atoms with Gasteiger partial charge in [-0.25, -0.2) is 9.82 Å². The second-order valence-corrected chi connectivity index (χ2v) is 4.77. The Morgan fingerprint density at radius 2 is 1.83 bits per heavy atom. The van der Waals surface area contributed by atoms with Gasteiger partial charge in [-0.05, 0) is 42.0 Å². The van der Waals surface area contributed by atoms with Crippen LogP contribution in [0.3, 0.4) is 0 Å². The second kappa shape index (κ2) is 8.42. The maximum absolute atomic E-state index is 13.4. The van der Waals surface area contributed by atoms with Crippen molar-refractivity contribution in [2.75, 3.05) is 12.4 Å². The summed E-state index contributed by atoms with van der Waals surface area (Å²) >= 11 is 0. The largest absolute Gasteiger partial charge is 0.497 e. The molecular weight excluding hydrogens is 313 g/mol. The van der Waals surface area contributed by atoms with Crippen molar-refractivity contribution < 1.29 is 18.7 Å². The fourth-order valence-electron chi connectivity index (χ4n) is 1.81. The molecule has 0 aliphatic carbocycles. The topological polar surface area (TPSA) is 79.8 Å². The van der Waals surface area contributed by atoms with Crippen LogP contribution in [0.25, 0.3) is 0 Å². The summed E-state index contributed by atoms with van der Waals surface area (Å²) < 4.78 is 18.4. The van der Waals surface area contributed by atoms with Crippen LogP contribution in [-0.4, -0.2) is 25.1 Å². The first-order valence-electron chi connectivity index (χ1n) is 7.09. The van der Waals surface area contributed by atoms with Gasteiger partial charge in [-0.2, -0.15) is 5.10 Å². The number of hydrogen-bond donors (Lipinski definition) is 2. The molecule has 0 saturated carbocycles. The number of nitrogens with zero attached hydrogens (tertiary/aromatic N) is 1. The van der Waals surface area contributed by atoms with E-state index in [1.165, 1.54) is 24.4 Å². The molecule has 6 nitrogen and oxygen atoms in total. The van der Waals surface area contributed by atoms with E-state index in [0.29, 0.717) is 5.75 Å². The molecule has 0 radical (unpaired) electrons. The van der Waals surface area contributed by atoms with Crippen molar-refractivity contribution >= 4 is 23.7 Å². The highest BCUT2D eigenvalue weighted by molar-refractivity contribution is 6.03. The average Bonchev–Trinajstić information content (AvgIpc) is 2.57. The maximum Gasteiger partial charge on any atom is 0.249 e. The van der Waals surface area contributed by atoms with Gasteiger partial charge in [0, 0.05) is 0 Å². The van der Waals surface area contributed by atoms with Crippen LogP contribution in [0, 0.1) is 5.82 Å². The van der Waals surface area contributed by atoms with Crippen molar-refractivity contribution in [3.8, 4) is 5.75 Å². The van der Waals surface area contributed by atoms with Gasteiger partial charge in [-0.3, -0.25) is 9.59 Å². The number of methoxy groups -OCH3 is 1. The molecule has 0 unspecified atom stereocenters. The molecule has 2 aromatic rings. The summed E-state index contributed by atoms with van der Waals surface area (Å²) in [5, 5.41) is 6.08. The van der Waals surface area contributed by atoms with Gasteiger partial charge >= 0.3 is 0 Å². The van der Waals surface area contributed by atoms with E-state index < -0.39 is 24.1 Å². The van der Waals surface area contributed by atoms with E-state index in [9.17, 15) is 14.0 Å². The molecule has 24 heavy (non-hydrogen) atoms. The van der Waals surface area contributed by atoms with Crippen molar-refractivity contribution in [3.63, 3.8) is 0 Å². The van der Waals surface area contributed by atoms with Crippen LogP contribution in [0.4, 0.5) is 10.1 Å². The normalized spacial score (nSPS) is 10.4. The molecule has 0 aliphatic heterocycles. The molecule has 2 N–H and O–H groups in total. The van der Waals surface area contributed by atoms with Gasteiger partial charge in [0.1, 0.15) is 18.0 Å². The highest BCUT2D eigenvalue weighted by atomic mass is 19.1. The van der Waals surface area contributed by atoms with E-state index in [1.54, 1.807) is 37.4 Å². The molecule has 0 aliphatic rings. The van der Waals surface area contributed by atoms with Crippen LogP contribution in [0.2, 0.25) is 0 Å². The summed E-state index contributed by atoms with van der Waals surface area (Å²) in [5.74, 6) is -1.09. The molecule has 0 spiro atoms. The Bertz CT molecular complexity index is 745. The summed E-state index contributed by atoms with van der Waals surface area (Å²) in [6.07, 6.45) is 0.973. The molecule has 0 saturated heterocycles. The number of carbonyl (C=O) groups excluding carboxylic acids is 2. The highest BCUT2D eigenvalue weighted by Gasteiger charge is 2.10. The molecule has 0 atom stereocenters. The molecule has 2 amide bonds. The summed E-state index contributed by atoms with van der Waals surface area (Å²) in [6, 6.07) is 12.8. The number of ether oxygens (including phenoxy) is 1. The van der Waals surface area contributed by atoms with Gasteiger partial charge in [0.15, 0.2) is 0 Å². The quantitative estimate of drug-likeness (QED) is 0.485. The Morgan fingerprint density at radius 3 is 2.50 bits per heavy atom. The minimum atomic E-state index is -0.628. The number of nitrogens with one attached hydrogen (secondary N) is 2. The van der Waals surface area contributed by atoms with Crippen LogP contribution < -0.4 is 15.5 Å². The molecule has 124 valence electrons. The summed E-state index contributed by atoms with van der Waals surface area (Å²) in [4.78, 5) is 23.3. The number of carbonyl (C=O) groups is 2. The van der Waals surface area contributed by atoms with E-state index in [-0.39, 0.29) is 5.69 Å². The zero-order valence-corrected chi connectivity index (χ0v) is 13.0. The van der Waals surface area contributed by atoms with Crippen molar-refractivity contribution in [3.05, 3.63) is 59.9 Å². The third-order valence-corrected chi connectivity index (χ3v) is 2.99. The number of anilines is 1. The van der Waals surface area contributed by atoms with Crippen LogP contribution in [0.1, 0.15) is 12.0 Å². The van der Waals surface area contributed by atoms with E-state index in [2.05, 4.69) is 15.8 Å². The predicted molar refractivity (Wildman–Crippen MR) is 88.4 cm³/mol. The third kappa shape index (κ3) is 5.20. The summed E-state index contributed by atoms with van der Waals surface area (Å²) in [6.45, 7) is 0. The van der Waals surface area contributed by atoms with Crippen molar-refractivity contribution in [2.45, 2.75) is 6.42 Å². The predicted octanol–water partition coefficient (Wildman–Crippen LogP) is 2.31. The molecule has 0 bridgehead atoms. The molecule has 2 rings (SSSR count). The second-order valence-electron chi connectivity index (χ2n) is 4.77.